The number of hydrogen-bond acceptors (Lipinski definition) is 5. The molecule has 0 saturated heterocycles. The summed E-state index contributed by atoms with van der Waals surface area (Å²) in [7, 11) is -3.58. The van der Waals surface area contributed by atoms with E-state index in [0.717, 1.165) is 29.2 Å². The lowest BCUT2D eigenvalue weighted by molar-refractivity contribution is 0.601. The molecule has 21 heavy (non-hydrogen) atoms. The number of benzene rings is 1. The summed E-state index contributed by atoms with van der Waals surface area (Å²) in [5.74, 6) is 0. The molecule has 0 fully saturated rings. The van der Waals surface area contributed by atoms with Gasteiger partial charge in [0.15, 0.2) is 5.13 Å². The summed E-state index contributed by atoms with van der Waals surface area (Å²) in [6.45, 7) is 6.71. The van der Waals surface area contributed by atoms with Crippen molar-refractivity contribution in [3.63, 3.8) is 0 Å². The lowest BCUT2D eigenvalue weighted by Crippen LogP contribution is -2.12. The standard InChI is InChI=1S/C14H19N3O2S2/c1-4-9-15-12-5-7-13(8-6-12)21(18,19)17-14-16-10(2)11(3)20-14/h5-8,15H,4,9H2,1-3H3,(H,16,17). The second-order valence-corrected chi connectivity index (χ2v) is 7.60. The van der Waals surface area contributed by atoms with E-state index in [0.29, 0.717) is 5.13 Å². The predicted octanol–water partition coefficient (Wildman–Crippen LogP) is 3.38. The molecule has 0 bridgehead atoms. The Bertz CT molecular complexity index is 687. The van der Waals surface area contributed by atoms with Crippen LogP contribution in [0.15, 0.2) is 29.2 Å². The molecular weight excluding hydrogens is 306 g/mol. The molecule has 0 unspecified atom stereocenters. The van der Waals surface area contributed by atoms with Gasteiger partial charge in [0.1, 0.15) is 0 Å². The van der Waals surface area contributed by atoms with E-state index >= 15 is 0 Å². The summed E-state index contributed by atoms with van der Waals surface area (Å²) in [6.07, 6.45) is 1.02. The third-order valence-electron chi connectivity index (χ3n) is 2.99. The van der Waals surface area contributed by atoms with E-state index in [4.69, 9.17) is 0 Å². The number of hydrogen-bond donors (Lipinski definition) is 2. The highest BCUT2D eigenvalue weighted by Crippen LogP contribution is 2.24. The molecule has 2 N–H and O–H groups in total. The maximum Gasteiger partial charge on any atom is 0.263 e. The van der Waals surface area contributed by atoms with Crippen molar-refractivity contribution in [2.75, 3.05) is 16.6 Å². The quantitative estimate of drug-likeness (QED) is 0.854. The number of sulfonamides is 1. The van der Waals surface area contributed by atoms with Gasteiger partial charge in [0.05, 0.1) is 10.6 Å². The first-order valence-electron chi connectivity index (χ1n) is 6.73. The van der Waals surface area contributed by atoms with Crippen molar-refractivity contribution in [3.8, 4) is 0 Å². The van der Waals surface area contributed by atoms with Crippen molar-refractivity contribution in [2.24, 2.45) is 0 Å². The van der Waals surface area contributed by atoms with Crippen LogP contribution in [0.1, 0.15) is 23.9 Å². The van der Waals surface area contributed by atoms with Crippen molar-refractivity contribution >= 4 is 32.2 Å². The number of nitrogens with one attached hydrogen (secondary N) is 2. The Kier molecular flexibility index (Phi) is 4.84. The average molecular weight is 325 g/mol. The first kappa shape index (κ1) is 15.8. The van der Waals surface area contributed by atoms with Gasteiger partial charge < -0.3 is 5.32 Å². The summed E-state index contributed by atoms with van der Waals surface area (Å²) in [5, 5.41) is 3.61. The Morgan fingerprint density at radius 1 is 1.19 bits per heavy atom. The van der Waals surface area contributed by atoms with Gasteiger partial charge in [-0.15, -0.1) is 11.3 Å². The SMILES string of the molecule is CCCNc1ccc(S(=O)(=O)Nc2nc(C)c(C)s2)cc1. The van der Waals surface area contributed by atoms with Crippen LogP contribution in [0.2, 0.25) is 0 Å². The topological polar surface area (TPSA) is 71.1 Å². The van der Waals surface area contributed by atoms with Gasteiger partial charge in [-0.1, -0.05) is 6.92 Å². The smallest absolute Gasteiger partial charge is 0.263 e. The fourth-order valence-corrected chi connectivity index (χ4v) is 3.76. The molecule has 1 heterocycles. The van der Waals surface area contributed by atoms with Crippen LogP contribution in [-0.2, 0) is 10.0 Å². The molecule has 114 valence electrons. The van der Waals surface area contributed by atoms with E-state index in [1.807, 2.05) is 13.8 Å². The van der Waals surface area contributed by atoms with Crippen molar-refractivity contribution in [2.45, 2.75) is 32.1 Å². The number of aromatic nitrogens is 1. The molecule has 1 aromatic heterocycles. The molecule has 0 radical (unpaired) electrons. The van der Waals surface area contributed by atoms with Gasteiger partial charge in [-0.3, -0.25) is 4.72 Å². The molecule has 7 heteroatoms. The summed E-state index contributed by atoms with van der Waals surface area (Å²) in [5.41, 5.74) is 1.76. The first-order chi connectivity index (χ1) is 9.92. The molecule has 5 nitrogen and oxygen atoms in total. The van der Waals surface area contributed by atoms with Crippen LogP contribution >= 0.6 is 11.3 Å². The molecule has 0 saturated carbocycles. The lowest BCUT2D eigenvalue weighted by Gasteiger charge is -2.07. The van der Waals surface area contributed by atoms with Gasteiger partial charge in [-0.2, -0.15) is 0 Å². The Hall–Kier alpha value is -1.60. The summed E-state index contributed by atoms with van der Waals surface area (Å²) in [4.78, 5) is 5.43. The number of rotatable bonds is 6. The molecule has 2 rings (SSSR count). The van der Waals surface area contributed by atoms with E-state index in [-0.39, 0.29) is 4.90 Å². The largest absolute Gasteiger partial charge is 0.385 e. The first-order valence-corrected chi connectivity index (χ1v) is 9.03. The zero-order valence-electron chi connectivity index (χ0n) is 12.3. The van der Waals surface area contributed by atoms with Gasteiger partial charge >= 0.3 is 0 Å². The highest BCUT2D eigenvalue weighted by molar-refractivity contribution is 7.93. The molecule has 0 aliphatic heterocycles. The maximum absolute atomic E-state index is 12.3. The van der Waals surface area contributed by atoms with E-state index in [1.54, 1.807) is 24.3 Å². The Morgan fingerprint density at radius 3 is 2.38 bits per heavy atom. The maximum atomic E-state index is 12.3. The van der Waals surface area contributed by atoms with Crippen LogP contribution in [0.4, 0.5) is 10.8 Å². The second-order valence-electron chi connectivity index (χ2n) is 4.72. The van der Waals surface area contributed by atoms with E-state index < -0.39 is 10.0 Å². The van der Waals surface area contributed by atoms with Gasteiger partial charge in [-0.05, 0) is 44.5 Å². The minimum atomic E-state index is -3.58. The molecule has 0 spiro atoms. The third-order valence-corrected chi connectivity index (χ3v) is 5.47. The van der Waals surface area contributed by atoms with Gasteiger partial charge in [0.25, 0.3) is 10.0 Å². The Balaban J connectivity index is 2.15. The molecular formula is C14H19N3O2S2. The van der Waals surface area contributed by atoms with E-state index in [1.165, 1.54) is 11.3 Å². The minimum Gasteiger partial charge on any atom is -0.385 e. The average Bonchev–Trinajstić information content (AvgIpc) is 2.74. The fourth-order valence-electron chi connectivity index (χ4n) is 1.71. The highest BCUT2D eigenvalue weighted by atomic mass is 32.2. The van der Waals surface area contributed by atoms with Crippen LogP contribution in [0.25, 0.3) is 0 Å². The van der Waals surface area contributed by atoms with Crippen molar-refractivity contribution in [3.05, 3.63) is 34.8 Å². The zero-order valence-corrected chi connectivity index (χ0v) is 13.9. The minimum absolute atomic E-state index is 0.232. The van der Waals surface area contributed by atoms with Gasteiger partial charge in [0.2, 0.25) is 0 Å². The van der Waals surface area contributed by atoms with Crippen molar-refractivity contribution in [1.82, 2.24) is 4.98 Å². The molecule has 0 aliphatic carbocycles. The lowest BCUT2D eigenvalue weighted by atomic mass is 10.3. The van der Waals surface area contributed by atoms with E-state index in [2.05, 4.69) is 21.9 Å². The molecule has 2 aromatic rings. The van der Waals surface area contributed by atoms with Crippen LogP contribution < -0.4 is 10.0 Å². The highest BCUT2D eigenvalue weighted by Gasteiger charge is 2.16. The Morgan fingerprint density at radius 2 is 1.86 bits per heavy atom. The molecule has 0 atom stereocenters. The van der Waals surface area contributed by atoms with Crippen molar-refractivity contribution in [1.29, 1.82) is 0 Å². The number of nitrogens with zero attached hydrogens (tertiary/aromatic N) is 1. The van der Waals surface area contributed by atoms with Crippen LogP contribution in [0.3, 0.4) is 0 Å². The zero-order chi connectivity index (χ0) is 15.5. The molecule has 0 aliphatic rings. The normalized spacial score (nSPS) is 11.4. The third kappa shape index (κ3) is 3.95. The fraction of sp³-hybridized carbons (Fsp3) is 0.357. The Labute approximate surface area is 129 Å². The van der Waals surface area contributed by atoms with Crippen LogP contribution in [0, 0.1) is 13.8 Å². The predicted molar refractivity (Wildman–Crippen MR) is 87.6 cm³/mol. The van der Waals surface area contributed by atoms with E-state index in [9.17, 15) is 8.42 Å². The van der Waals surface area contributed by atoms with Gasteiger partial charge in [-0.25, -0.2) is 13.4 Å². The monoisotopic (exact) mass is 325 g/mol. The summed E-state index contributed by atoms with van der Waals surface area (Å²) >= 11 is 1.34. The van der Waals surface area contributed by atoms with Gasteiger partial charge in [0, 0.05) is 17.1 Å². The van der Waals surface area contributed by atoms with Crippen molar-refractivity contribution < 1.29 is 8.42 Å². The van der Waals surface area contributed by atoms with Crippen LogP contribution in [-0.4, -0.2) is 19.9 Å². The molecule has 1 aromatic carbocycles. The molecule has 0 amide bonds. The van der Waals surface area contributed by atoms with Crippen LogP contribution in [0.5, 0.6) is 0 Å². The number of aryl methyl sites for hydroxylation is 2. The summed E-state index contributed by atoms with van der Waals surface area (Å²) < 4.78 is 27.1. The number of anilines is 2. The summed E-state index contributed by atoms with van der Waals surface area (Å²) in [6, 6.07) is 6.71. The second kappa shape index (κ2) is 6.44. The number of thiazole rings is 1.